The maximum atomic E-state index is 12.1. The van der Waals surface area contributed by atoms with Crippen LogP contribution in [0.3, 0.4) is 0 Å². The van der Waals surface area contributed by atoms with Crippen molar-refractivity contribution >= 4 is 22.4 Å². The Morgan fingerprint density at radius 1 is 1.13 bits per heavy atom. The summed E-state index contributed by atoms with van der Waals surface area (Å²) in [6, 6.07) is 7.77. The Kier molecular flexibility index (Phi) is 4.21. The molecule has 0 aliphatic carbocycles. The number of carbonyl (C=O) groups excluding carboxylic acids is 1. The average molecular weight is 323 g/mol. The minimum atomic E-state index is -0.198. The highest BCUT2D eigenvalue weighted by molar-refractivity contribution is 7.14. The van der Waals surface area contributed by atoms with Gasteiger partial charge in [0.1, 0.15) is 0 Å². The third-order valence-corrected chi connectivity index (χ3v) is 4.52. The molecule has 0 saturated carbocycles. The first-order valence-corrected chi connectivity index (χ1v) is 8.17. The molecule has 0 unspecified atom stereocenters. The summed E-state index contributed by atoms with van der Waals surface area (Å²) in [7, 11) is 0. The second-order valence-corrected chi connectivity index (χ2v) is 6.34. The summed E-state index contributed by atoms with van der Waals surface area (Å²) in [4.78, 5) is 20.6. The van der Waals surface area contributed by atoms with E-state index in [-0.39, 0.29) is 5.91 Å². The van der Waals surface area contributed by atoms with Gasteiger partial charge in [-0.25, -0.2) is 4.98 Å². The summed E-state index contributed by atoms with van der Waals surface area (Å²) in [6.07, 6.45) is 3.18. The second kappa shape index (κ2) is 6.30. The van der Waals surface area contributed by atoms with Crippen LogP contribution in [-0.4, -0.2) is 15.9 Å². The number of amides is 1. The minimum absolute atomic E-state index is 0.198. The SMILES string of the molecule is Cc1cc(C)c(-c2csc(NC(=O)c3cccnc3)n2)cc1C. The number of thiazole rings is 1. The molecule has 23 heavy (non-hydrogen) atoms. The van der Waals surface area contributed by atoms with Gasteiger partial charge in [-0.3, -0.25) is 15.1 Å². The first kappa shape index (κ1) is 15.4. The van der Waals surface area contributed by atoms with Gasteiger partial charge in [0.05, 0.1) is 11.3 Å². The lowest BCUT2D eigenvalue weighted by molar-refractivity contribution is 0.102. The molecule has 0 radical (unpaired) electrons. The molecule has 0 fully saturated rings. The Labute approximate surface area is 139 Å². The molecule has 4 nitrogen and oxygen atoms in total. The maximum Gasteiger partial charge on any atom is 0.259 e. The van der Waals surface area contributed by atoms with Crippen molar-refractivity contribution in [2.75, 3.05) is 5.32 Å². The molecule has 0 atom stereocenters. The van der Waals surface area contributed by atoms with Crippen molar-refractivity contribution < 1.29 is 4.79 Å². The molecular weight excluding hydrogens is 306 g/mol. The van der Waals surface area contributed by atoms with Crippen LogP contribution in [0.4, 0.5) is 5.13 Å². The van der Waals surface area contributed by atoms with Crippen molar-refractivity contribution in [1.82, 2.24) is 9.97 Å². The number of rotatable bonds is 3. The first-order valence-electron chi connectivity index (χ1n) is 7.29. The van der Waals surface area contributed by atoms with Crippen LogP contribution < -0.4 is 5.32 Å². The van der Waals surface area contributed by atoms with E-state index in [9.17, 15) is 4.79 Å². The summed E-state index contributed by atoms with van der Waals surface area (Å²) < 4.78 is 0. The molecule has 0 aliphatic heterocycles. The lowest BCUT2D eigenvalue weighted by Gasteiger charge is -2.07. The van der Waals surface area contributed by atoms with E-state index in [4.69, 9.17) is 0 Å². The van der Waals surface area contributed by atoms with E-state index in [2.05, 4.69) is 48.2 Å². The van der Waals surface area contributed by atoms with Crippen molar-refractivity contribution in [3.63, 3.8) is 0 Å². The number of pyridine rings is 1. The quantitative estimate of drug-likeness (QED) is 0.778. The second-order valence-electron chi connectivity index (χ2n) is 5.49. The predicted octanol–water partition coefficient (Wildman–Crippen LogP) is 4.38. The zero-order valence-electron chi connectivity index (χ0n) is 13.3. The van der Waals surface area contributed by atoms with Crippen LogP contribution in [0.15, 0.2) is 42.0 Å². The Morgan fingerprint density at radius 2 is 1.91 bits per heavy atom. The molecular formula is C18H17N3OS. The van der Waals surface area contributed by atoms with Crippen LogP contribution in [0, 0.1) is 20.8 Å². The number of hydrogen-bond acceptors (Lipinski definition) is 4. The molecule has 1 amide bonds. The topological polar surface area (TPSA) is 54.9 Å². The molecule has 0 bridgehead atoms. The van der Waals surface area contributed by atoms with Crippen LogP contribution in [0.25, 0.3) is 11.3 Å². The molecule has 2 aromatic heterocycles. The van der Waals surface area contributed by atoms with E-state index in [1.54, 1.807) is 18.3 Å². The molecule has 1 N–H and O–H groups in total. The molecule has 1 aromatic carbocycles. The van der Waals surface area contributed by atoms with Gasteiger partial charge in [0.15, 0.2) is 5.13 Å². The highest BCUT2D eigenvalue weighted by atomic mass is 32.1. The monoisotopic (exact) mass is 323 g/mol. The lowest BCUT2D eigenvalue weighted by Crippen LogP contribution is -2.11. The molecule has 0 aliphatic rings. The number of aryl methyl sites for hydroxylation is 3. The van der Waals surface area contributed by atoms with Crippen LogP contribution in [0.5, 0.6) is 0 Å². The van der Waals surface area contributed by atoms with Crippen molar-refractivity contribution in [2.45, 2.75) is 20.8 Å². The third-order valence-electron chi connectivity index (χ3n) is 3.77. The van der Waals surface area contributed by atoms with Crippen molar-refractivity contribution in [3.05, 3.63) is 64.3 Å². The average Bonchev–Trinajstić information content (AvgIpc) is 3.00. The number of hydrogen-bond donors (Lipinski definition) is 1. The molecule has 3 rings (SSSR count). The van der Waals surface area contributed by atoms with E-state index in [1.807, 2.05) is 5.38 Å². The number of nitrogens with zero attached hydrogens (tertiary/aromatic N) is 2. The van der Waals surface area contributed by atoms with E-state index in [0.717, 1.165) is 11.3 Å². The van der Waals surface area contributed by atoms with Gasteiger partial charge < -0.3 is 0 Å². The Morgan fingerprint density at radius 3 is 2.65 bits per heavy atom. The van der Waals surface area contributed by atoms with Crippen LogP contribution in [-0.2, 0) is 0 Å². The number of carbonyl (C=O) groups is 1. The number of aromatic nitrogens is 2. The number of anilines is 1. The molecule has 2 heterocycles. The largest absolute Gasteiger partial charge is 0.298 e. The van der Waals surface area contributed by atoms with Gasteiger partial charge >= 0.3 is 0 Å². The van der Waals surface area contributed by atoms with Crippen molar-refractivity contribution in [2.24, 2.45) is 0 Å². The zero-order valence-corrected chi connectivity index (χ0v) is 14.1. The highest BCUT2D eigenvalue weighted by Gasteiger charge is 2.12. The number of benzene rings is 1. The van der Waals surface area contributed by atoms with E-state index in [1.165, 1.54) is 34.2 Å². The molecule has 0 spiro atoms. The van der Waals surface area contributed by atoms with Crippen LogP contribution >= 0.6 is 11.3 Å². The van der Waals surface area contributed by atoms with Gasteiger partial charge in [0, 0.05) is 23.3 Å². The Balaban J connectivity index is 1.84. The lowest BCUT2D eigenvalue weighted by atomic mass is 9.99. The van der Waals surface area contributed by atoms with E-state index in [0.29, 0.717) is 10.7 Å². The fraction of sp³-hybridized carbons (Fsp3) is 0.167. The van der Waals surface area contributed by atoms with Gasteiger partial charge in [0.2, 0.25) is 0 Å². The van der Waals surface area contributed by atoms with Crippen molar-refractivity contribution in [1.29, 1.82) is 0 Å². The Bertz CT molecular complexity index is 856. The van der Waals surface area contributed by atoms with Crippen LogP contribution in [0.2, 0.25) is 0 Å². The van der Waals surface area contributed by atoms with Crippen LogP contribution in [0.1, 0.15) is 27.0 Å². The predicted molar refractivity (Wildman–Crippen MR) is 94.0 cm³/mol. The van der Waals surface area contributed by atoms with E-state index < -0.39 is 0 Å². The normalized spacial score (nSPS) is 10.6. The van der Waals surface area contributed by atoms with Gasteiger partial charge in [-0.1, -0.05) is 6.07 Å². The van der Waals surface area contributed by atoms with Gasteiger partial charge in [-0.15, -0.1) is 11.3 Å². The van der Waals surface area contributed by atoms with E-state index >= 15 is 0 Å². The third kappa shape index (κ3) is 3.29. The fourth-order valence-electron chi connectivity index (χ4n) is 2.36. The molecule has 5 heteroatoms. The van der Waals surface area contributed by atoms with Crippen molar-refractivity contribution in [3.8, 4) is 11.3 Å². The molecule has 0 saturated heterocycles. The smallest absolute Gasteiger partial charge is 0.259 e. The molecule has 116 valence electrons. The Hall–Kier alpha value is -2.53. The number of nitrogens with one attached hydrogen (secondary N) is 1. The summed E-state index contributed by atoms with van der Waals surface area (Å²) in [5.74, 6) is -0.198. The summed E-state index contributed by atoms with van der Waals surface area (Å²) in [5, 5.41) is 5.38. The summed E-state index contributed by atoms with van der Waals surface area (Å²) in [5.41, 5.74) is 6.20. The first-order chi connectivity index (χ1) is 11.0. The molecule has 3 aromatic rings. The maximum absolute atomic E-state index is 12.1. The fourth-order valence-corrected chi connectivity index (χ4v) is 3.06. The van der Waals surface area contributed by atoms with Gasteiger partial charge in [-0.05, 0) is 55.7 Å². The van der Waals surface area contributed by atoms with Gasteiger partial charge in [-0.2, -0.15) is 0 Å². The highest BCUT2D eigenvalue weighted by Crippen LogP contribution is 2.29. The summed E-state index contributed by atoms with van der Waals surface area (Å²) >= 11 is 1.42. The standard InChI is InChI=1S/C18H17N3OS/c1-11-7-13(3)15(8-12(11)2)16-10-23-18(20-16)21-17(22)14-5-4-6-19-9-14/h4-10H,1-3H3,(H,20,21,22). The minimum Gasteiger partial charge on any atom is -0.298 e. The zero-order chi connectivity index (χ0) is 16.4. The van der Waals surface area contributed by atoms with Gasteiger partial charge in [0.25, 0.3) is 5.91 Å². The summed E-state index contributed by atoms with van der Waals surface area (Å²) in [6.45, 7) is 6.28.